The molecule has 4 heteroatoms. The predicted molar refractivity (Wildman–Crippen MR) is 63.9 cm³/mol. The maximum atomic E-state index is 13.7. The Kier molecular flexibility index (Phi) is 2.28. The Balaban J connectivity index is 1.84. The Morgan fingerprint density at radius 3 is 2.00 bits per heavy atom. The first-order valence-electron chi connectivity index (χ1n) is 6.09. The molecule has 1 saturated heterocycles. The molecule has 17 heavy (non-hydrogen) atoms. The highest BCUT2D eigenvalue weighted by Gasteiger charge is 2.44. The second-order valence-corrected chi connectivity index (χ2v) is 5.32. The Morgan fingerprint density at radius 1 is 1.00 bits per heavy atom. The van der Waals surface area contributed by atoms with Gasteiger partial charge in [0.05, 0.1) is 0 Å². The van der Waals surface area contributed by atoms with Crippen LogP contribution in [0.5, 0.6) is 0 Å². The van der Waals surface area contributed by atoms with Crippen molar-refractivity contribution in [2.24, 2.45) is 5.41 Å². The lowest BCUT2D eigenvalue weighted by molar-refractivity contribution is 0.379. The largest absolute Gasteiger partial charge is 0.399 e. The molecule has 3 rings (SSSR count). The zero-order valence-electron chi connectivity index (χ0n) is 9.68. The molecule has 1 spiro atoms. The maximum absolute atomic E-state index is 13.7. The molecule has 0 radical (unpaired) electrons. The molecule has 0 unspecified atom stereocenters. The van der Waals surface area contributed by atoms with Gasteiger partial charge < -0.3 is 10.6 Å². The first kappa shape index (κ1) is 10.8. The number of nitrogens with zero attached hydrogens (tertiary/aromatic N) is 1. The van der Waals surface area contributed by atoms with Gasteiger partial charge in [-0.25, -0.2) is 8.78 Å². The molecule has 2 nitrogen and oxygen atoms in total. The fourth-order valence-corrected chi connectivity index (χ4v) is 2.77. The van der Waals surface area contributed by atoms with E-state index in [2.05, 4.69) is 0 Å². The number of halogens is 2. The highest BCUT2D eigenvalue weighted by molar-refractivity contribution is 5.56. The lowest BCUT2D eigenvalue weighted by Crippen LogP contribution is -2.35. The van der Waals surface area contributed by atoms with Crippen LogP contribution in [-0.2, 0) is 0 Å². The van der Waals surface area contributed by atoms with Crippen LogP contribution in [0.25, 0.3) is 0 Å². The number of nitrogens with two attached hydrogens (primary N) is 1. The van der Waals surface area contributed by atoms with Crippen molar-refractivity contribution in [3.05, 3.63) is 23.8 Å². The molecule has 1 aromatic carbocycles. The van der Waals surface area contributed by atoms with E-state index in [1.807, 2.05) is 4.90 Å². The van der Waals surface area contributed by atoms with Gasteiger partial charge in [0, 0.05) is 18.8 Å². The quantitative estimate of drug-likeness (QED) is 0.762. The minimum Gasteiger partial charge on any atom is -0.399 e. The summed E-state index contributed by atoms with van der Waals surface area (Å²) in [7, 11) is 0. The van der Waals surface area contributed by atoms with Crippen LogP contribution < -0.4 is 10.6 Å². The van der Waals surface area contributed by atoms with Crippen molar-refractivity contribution in [3.8, 4) is 0 Å². The van der Waals surface area contributed by atoms with Crippen molar-refractivity contribution < 1.29 is 8.78 Å². The molecular weight excluding hydrogens is 222 g/mol. The van der Waals surface area contributed by atoms with Crippen molar-refractivity contribution in [3.63, 3.8) is 0 Å². The van der Waals surface area contributed by atoms with E-state index in [1.54, 1.807) is 0 Å². The first-order valence-corrected chi connectivity index (χ1v) is 6.09. The van der Waals surface area contributed by atoms with Crippen molar-refractivity contribution in [1.29, 1.82) is 0 Å². The summed E-state index contributed by atoms with van der Waals surface area (Å²) in [5.74, 6) is -1.09. The Hall–Kier alpha value is -1.32. The molecule has 0 amide bonds. The maximum Gasteiger partial charge on any atom is 0.151 e. The molecule has 1 saturated carbocycles. The lowest BCUT2D eigenvalue weighted by Gasteiger charge is -2.34. The van der Waals surface area contributed by atoms with Crippen LogP contribution in [-0.4, -0.2) is 13.1 Å². The summed E-state index contributed by atoms with van der Waals surface area (Å²) < 4.78 is 27.5. The second kappa shape index (κ2) is 3.59. The molecule has 0 aromatic heterocycles. The van der Waals surface area contributed by atoms with E-state index in [9.17, 15) is 8.78 Å². The summed E-state index contributed by atoms with van der Waals surface area (Å²) in [5.41, 5.74) is 6.15. The number of nitrogen functional groups attached to an aromatic ring is 1. The normalized spacial score (nSPS) is 21.9. The van der Waals surface area contributed by atoms with Gasteiger partial charge in [0.2, 0.25) is 0 Å². The number of anilines is 2. The highest BCUT2D eigenvalue weighted by atomic mass is 19.1. The van der Waals surface area contributed by atoms with Gasteiger partial charge in [-0.05, 0) is 43.2 Å². The summed E-state index contributed by atoms with van der Waals surface area (Å²) in [5, 5.41) is 0. The Bertz CT molecular complexity index is 422. The van der Waals surface area contributed by atoms with Crippen LogP contribution in [0.3, 0.4) is 0 Å². The van der Waals surface area contributed by atoms with E-state index in [0.717, 1.165) is 25.9 Å². The van der Waals surface area contributed by atoms with Crippen molar-refractivity contribution in [2.45, 2.75) is 25.7 Å². The monoisotopic (exact) mass is 238 g/mol. The topological polar surface area (TPSA) is 29.3 Å². The van der Waals surface area contributed by atoms with Crippen LogP contribution in [0, 0.1) is 17.0 Å². The lowest BCUT2D eigenvalue weighted by atomic mass is 9.93. The molecule has 1 aliphatic carbocycles. The van der Waals surface area contributed by atoms with Gasteiger partial charge in [-0.1, -0.05) is 0 Å². The van der Waals surface area contributed by atoms with E-state index in [1.165, 1.54) is 25.0 Å². The van der Waals surface area contributed by atoms with Gasteiger partial charge in [-0.15, -0.1) is 0 Å². The SMILES string of the molecule is Nc1cc(F)c(N2CCC3(CC2)CC3)c(F)c1. The predicted octanol–water partition coefficient (Wildman–Crippen LogP) is 2.93. The van der Waals surface area contributed by atoms with Crippen LogP contribution in [0.2, 0.25) is 0 Å². The summed E-state index contributed by atoms with van der Waals surface area (Å²) >= 11 is 0. The van der Waals surface area contributed by atoms with Gasteiger partial charge in [0.15, 0.2) is 11.6 Å². The number of hydrogen-bond acceptors (Lipinski definition) is 2. The summed E-state index contributed by atoms with van der Waals surface area (Å²) in [4.78, 5) is 1.81. The average molecular weight is 238 g/mol. The zero-order chi connectivity index (χ0) is 12.0. The average Bonchev–Trinajstić information content (AvgIpc) is 3.00. The Labute approximate surface area is 99.4 Å². The smallest absolute Gasteiger partial charge is 0.151 e. The van der Waals surface area contributed by atoms with Crippen molar-refractivity contribution >= 4 is 11.4 Å². The van der Waals surface area contributed by atoms with E-state index in [4.69, 9.17) is 5.73 Å². The molecule has 92 valence electrons. The van der Waals surface area contributed by atoms with Crippen LogP contribution in [0.1, 0.15) is 25.7 Å². The number of rotatable bonds is 1. The van der Waals surface area contributed by atoms with E-state index >= 15 is 0 Å². The molecule has 1 aliphatic heterocycles. The van der Waals surface area contributed by atoms with E-state index < -0.39 is 11.6 Å². The number of piperidine rings is 1. The highest BCUT2D eigenvalue weighted by Crippen LogP contribution is 2.54. The van der Waals surface area contributed by atoms with Crippen molar-refractivity contribution in [2.75, 3.05) is 23.7 Å². The third kappa shape index (κ3) is 1.85. The van der Waals surface area contributed by atoms with Gasteiger partial charge >= 0.3 is 0 Å². The molecule has 1 aromatic rings. The summed E-state index contributed by atoms with van der Waals surface area (Å²) in [6.45, 7) is 1.50. The fourth-order valence-electron chi connectivity index (χ4n) is 2.77. The third-order valence-corrected chi connectivity index (χ3v) is 4.14. The minimum atomic E-state index is -0.547. The van der Waals surface area contributed by atoms with Gasteiger partial charge in [0.25, 0.3) is 0 Å². The van der Waals surface area contributed by atoms with Crippen LogP contribution in [0.4, 0.5) is 20.2 Å². The van der Waals surface area contributed by atoms with Gasteiger partial charge in [-0.3, -0.25) is 0 Å². The molecular formula is C13H16F2N2. The molecule has 0 bridgehead atoms. The Morgan fingerprint density at radius 2 is 1.53 bits per heavy atom. The first-order chi connectivity index (χ1) is 8.10. The minimum absolute atomic E-state index is 0.0923. The van der Waals surface area contributed by atoms with Crippen LogP contribution >= 0.6 is 0 Å². The molecule has 2 aliphatic rings. The van der Waals surface area contributed by atoms with Gasteiger partial charge in [-0.2, -0.15) is 0 Å². The molecule has 0 atom stereocenters. The fraction of sp³-hybridized carbons (Fsp3) is 0.538. The van der Waals surface area contributed by atoms with E-state index in [0.29, 0.717) is 5.41 Å². The number of benzene rings is 1. The van der Waals surface area contributed by atoms with Crippen LogP contribution in [0.15, 0.2) is 12.1 Å². The summed E-state index contributed by atoms with van der Waals surface area (Å²) in [6.07, 6.45) is 4.67. The molecule has 1 heterocycles. The molecule has 2 N–H and O–H groups in total. The molecule has 2 fully saturated rings. The van der Waals surface area contributed by atoms with E-state index in [-0.39, 0.29) is 11.4 Å². The standard InChI is InChI=1S/C13H16F2N2/c14-10-7-9(16)8-11(15)12(10)17-5-3-13(1-2-13)4-6-17/h7-8H,1-6,16H2. The number of hydrogen-bond donors (Lipinski definition) is 1. The van der Waals surface area contributed by atoms with Crippen molar-refractivity contribution in [1.82, 2.24) is 0 Å². The third-order valence-electron chi connectivity index (χ3n) is 4.14. The summed E-state index contributed by atoms with van der Waals surface area (Å²) in [6, 6.07) is 2.39. The zero-order valence-corrected chi connectivity index (χ0v) is 9.68. The van der Waals surface area contributed by atoms with Gasteiger partial charge in [0.1, 0.15) is 5.69 Å². The second-order valence-electron chi connectivity index (χ2n) is 5.32.